The van der Waals surface area contributed by atoms with Crippen molar-refractivity contribution in [2.24, 2.45) is 11.8 Å². The lowest BCUT2D eigenvalue weighted by Gasteiger charge is -2.19. The molecule has 0 amide bonds. The first-order valence-electron chi connectivity index (χ1n) is 4.60. The van der Waals surface area contributed by atoms with Gasteiger partial charge in [0.1, 0.15) is 0 Å². The molecule has 3 nitrogen and oxygen atoms in total. The molecule has 0 saturated carbocycles. The van der Waals surface area contributed by atoms with E-state index in [0.717, 1.165) is 0 Å². The summed E-state index contributed by atoms with van der Waals surface area (Å²) in [5, 5.41) is 0. The highest BCUT2D eigenvalue weighted by Gasteiger charge is 2.47. The molecule has 0 aromatic heterocycles. The monoisotopic (exact) mass is 329 g/mol. The van der Waals surface area contributed by atoms with Crippen LogP contribution in [0.15, 0.2) is 0 Å². The Labute approximate surface area is 117 Å². The maximum atomic E-state index is 11.4. The van der Waals surface area contributed by atoms with Crippen LogP contribution < -0.4 is 0 Å². The van der Waals surface area contributed by atoms with Gasteiger partial charge in [-0.05, 0) is 0 Å². The normalized spacial score (nSPS) is 13.6. The minimum absolute atomic E-state index is 0.266. The van der Waals surface area contributed by atoms with Crippen molar-refractivity contribution >= 4 is 54.7 Å². The van der Waals surface area contributed by atoms with Crippen molar-refractivity contribution < 1.29 is 13.6 Å². The summed E-state index contributed by atoms with van der Waals surface area (Å²) >= 11 is 23.1. The summed E-state index contributed by atoms with van der Waals surface area (Å²) in [6, 6.07) is 0. The fraction of sp³-hybridized carbons (Fsp3) is 1.00. The molecule has 0 unspecified atom stereocenters. The second-order valence-corrected chi connectivity index (χ2v) is 7.28. The lowest BCUT2D eigenvalue weighted by Crippen LogP contribution is -2.25. The van der Waals surface area contributed by atoms with Gasteiger partial charge < -0.3 is 0 Å². The first kappa shape index (κ1) is 17.2. The Kier molecular flexibility index (Phi) is 6.85. The largest absolute Gasteiger partial charge is 0.703 e. The summed E-state index contributed by atoms with van der Waals surface area (Å²) in [7, 11) is -2.60. The number of halogens is 4. The average molecular weight is 331 g/mol. The van der Waals surface area contributed by atoms with Gasteiger partial charge in [-0.15, -0.1) is 0 Å². The van der Waals surface area contributed by atoms with E-state index in [9.17, 15) is 4.57 Å². The summed E-state index contributed by atoms with van der Waals surface area (Å²) in [6.07, 6.45) is 0. The fourth-order valence-electron chi connectivity index (χ4n) is 0.428. The molecule has 0 aliphatic rings. The summed E-state index contributed by atoms with van der Waals surface area (Å²) < 4.78 is 17.9. The lowest BCUT2D eigenvalue weighted by atomic mass is 10.2. The lowest BCUT2D eigenvalue weighted by molar-refractivity contribution is 0.119. The first-order chi connectivity index (χ1) is 6.99. The van der Waals surface area contributed by atoms with Gasteiger partial charge in [-0.25, -0.2) is 0 Å². The van der Waals surface area contributed by atoms with Gasteiger partial charge in [0.15, 0.2) is 0 Å². The number of alkyl halides is 4. The van der Waals surface area contributed by atoms with Crippen molar-refractivity contribution in [3.63, 3.8) is 0 Å². The summed E-state index contributed by atoms with van der Waals surface area (Å²) in [5.41, 5.74) is 0. The van der Waals surface area contributed by atoms with E-state index in [1.54, 1.807) is 27.7 Å². The van der Waals surface area contributed by atoms with Crippen LogP contribution in [0.5, 0.6) is 0 Å². The zero-order valence-corrected chi connectivity index (χ0v) is 13.3. The van der Waals surface area contributed by atoms with Gasteiger partial charge in [-0.1, -0.05) is 83.1 Å². The van der Waals surface area contributed by atoms with Crippen LogP contribution in [0.4, 0.5) is 0 Å². The van der Waals surface area contributed by atoms with Crippen LogP contribution in [0.2, 0.25) is 0 Å². The fourth-order valence-corrected chi connectivity index (χ4v) is 1.96. The average Bonchev–Trinajstić information content (AvgIpc) is 2.00. The summed E-state index contributed by atoms with van der Waals surface area (Å²) in [5.74, 6) is -0.532. The van der Waals surface area contributed by atoms with E-state index < -0.39 is 17.3 Å². The minimum Gasteiger partial charge on any atom is -0.0789 e. The molecule has 0 aromatic carbocycles. The van der Waals surface area contributed by atoms with Gasteiger partial charge >= 0.3 is 8.25 Å². The van der Waals surface area contributed by atoms with Crippen molar-refractivity contribution in [1.82, 2.24) is 0 Å². The molecule has 0 radical (unpaired) electrons. The first-order valence-corrected chi connectivity index (χ1v) is 7.21. The zero-order valence-electron chi connectivity index (χ0n) is 9.34. The third-order valence-electron chi connectivity index (χ3n) is 1.74. The molecular weight excluding hydrogens is 317 g/mol. The van der Waals surface area contributed by atoms with Crippen LogP contribution in [-0.4, -0.2) is 9.04 Å². The van der Waals surface area contributed by atoms with Crippen molar-refractivity contribution in [3.05, 3.63) is 0 Å². The standard InChI is InChI=1S/C8H14Cl4O3P/c1-5(2)7(9,10)14-16(13)15-8(11,12)6(3)4/h5-6H,1-4H3/q+1. The number of rotatable bonds is 6. The van der Waals surface area contributed by atoms with E-state index >= 15 is 0 Å². The van der Waals surface area contributed by atoms with E-state index in [4.69, 9.17) is 55.5 Å². The van der Waals surface area contributed by atoms with E-state index in [2.05, 4.69) is 0 Å². The third kappa shape index (κ3) is 5.68. The highest BCUT2D eigenvalue weighted by molar-refractivity contribution is 7.33. The molecular formula is C8H14Cl4O3P+. The van der Waals surface area contributed by atoms with Gasteiger partial charge in [0.2, 0.25) is 0 Å². The molecule has 0 fully saturated rings. The van der Waals surface area contributed by atoms with Crippen LogP contribution in [0.25, 0.3) is 0 Å². The number of hydrogen-bond acceptors (Lipinski definition) is 3. The van der Waals surface area contributed by atoms with Crippen molar-refractivity contribution in [2.45, 2.75) is 36.7 Å². The Hall–Kier alpha value is 1.18. The van der Waals surface area contributed by atoms with E-state index in [0.29, 0.717) is 0 Å². The Morgan fingerprint density at radius 3 is 1.31 bits per heavy atom. The van der Waals surface area contributed by atoms with E-state index in [1.807, 2.05) is 0 Å². The van der Waals surface area contributed by atoms with Crippen LogP contribution in [0.3, 0.4) is 0 Å². The molecule has 0 rings (SSSR count). The Balaban J connectivity index is 4.41. The molecule has 96 valence electrons. The molecule has 0 N–H and O–H groups in total. The third-order valence-corrected chi connectivity index (χ3v) is 5.10. The predicted octanol–water partition coefficient (Wildman–Crippen LogP) is 5.25. The molecule has 0 aromatic rings. The van der Waals surface area contributed by atoms with Gasteiger partial charge in [0, 0.05) is 16.4 Å². The quantitative estimate of drug-likeness (QED) is 0.492. The topological polar surface area (TPSA) is 35.5 Å². The van der Waals surface area contributed by atoms with Crippen molar-refractivity contribution in [1.29, 1.82) is 0 Å². The molecule has 0 heterocycles. The van der Waals surface area contributed by atoms with Crippen LogP contribution in [-0.2, 0) is 13.6 Å². The summed E-state index contributed by atoms with van der Waals surface area (Å²) in [6.45, 7) is 6.83. The van der Waals surface area contributed by atoms with Crippen molar-refractivity contribution in [3.8, 4) is 0 Å². The molecule has 0 bridgehead atoms. The SMILES string of the molecule is CC(C)C(Cl)(Cl)O[P+](=O)OC(Cl)(Cl)C(C)C. The van der Waals surface area contributed by atoms with Crippen LogP contribution in [0, 0.1) is 11.8 Å². The maximum absolute atomic E-state index is 11.4. The molecule has 0 saturated heterocycles. The van der Waals surface area contributed by atoms with Gasteiger partial charge in [-0.2, -0.15) is 0 Å². The van der Waals surface area contributed by atoms with Gasteiger partial charge in [0.25, 0.3) is 9.04 Å². The van der Waals surface area contributed by atoms with E-state index in [-0.39, 0.29) is 11.8 Å². The second-order valence-electron chi connectivity index (χ2n) is 3.84. The smallest absolute Gasteiger partial charge is 0.0789 e. The molecule has 0 spiro atoms. The van der Waals surface area contributed by atoms with Crippen LogP contribution in [0.1, 0.15) is 27.7 Å². The second kappa shape index (κ2) is 6.38. The molecule has 0 aliphatic heterocycles. The minimum atomic E-state index is -2.60. The molecule has 0 atom stereocenters. The molecule has 0 aliphatic carbocycles. The Morgan fingerprint density at radius 1 is 0.875 bits per heavy atom. The molecule has 8 heteroatoms. The van der Waals surface area contributed by atoms with Gasteiger partial charge in [-0.3, -0.25) is 0 Å². The zero-order chi connectivity index (χ0) is 13.1. The summed E-state index contributed by atoms with van der Waals surface area (Å²) in [4.78, 5) is 0. The highest BCUT2D eigenvalue weighted by Crippen LogP contribution is 2.47. The van der Waals surface area contributed by atoms with Gasteiger partial charge in [0.05, 0.1) is 0 Å². The van der Waals surface area contributed by atoms with E-state index in [1.165, 1.54) is 0 Å². The maximum Gasteiger partial charge on any atom is 0.703 e. The molecule has 16 heavy (non-hydrogen) atoms. The van der Waals surface area contributed by atoms with Crippen molar-refractivity contribution in [2.75, 3.05) is 0 Å². The Bertz CT molecular complexity index is 232. The highest BCUT2D eigenvalue weighted by atomic mass is 35.5. The van der Waals surface area contributed by atoms with Crippen LogP contribution >= 0.6 is 54.7 Å². The Morgan fingerprint density at radius 2 is 1.12 bits per heavy atom. The predicted molar refractivity (Wildman–Crippen MR) is 68.3 cm³/mol. The number of hydrogen-bond donors (Lipinski definition) is 0.